The molecule has 6 heteroatoms. The van der Waals surface area contributed by atoms with Crippen molar-refractivity contribution in [1.82, 2.24) is 15.2 Å². The zero-order valence-corrected chi connectivity index (χ0v) is 11.1. The molecule has 102 valence electrons. The molecule has 0 radical (unpaired) electrons. The molecule has 0 aliphatic carbocycles. The maximum Gasteiger partial charge on any atom is 0.132 e. The van der Waals surface area contributed by atoms with Crippen LogP contribution in [0.15, 0.2) is 24.4 Å². The number of aryl methyl sites for hydroxylation is 1. The fourth-order valence-corrected chi connectivity index (χ4v) is 2.02. The third-order valence-electron chi connectivity index (χ3n) is 3.27. The van der Waals surface area contributed by atoms with Crippen LogP contribution in [-0.2, 0) is 7.05 Å². The summed E-state index contributed by atoms with van der Waals surface area (Å²) in [6.07, 6.45) is 1.68. The van der Waals surface area contributed by atoms with E-state index in [1.807, 2.05) is 14.0 Å². The van der Waals surface area contributed by atoms with Crippen LogP contribution in [0.4, 0.5) is 4.39 Å². The average molecular weight is 264 g/mol. The van der Waals surface area contributed by atoms with Crippen molar-refractivity contribution in [2.24, 2.45) is 12.9 Å². The zero-order valence-electron chi connectivity index (χ0n) is 11.1. The Labute approximate surface area is 111 Å². The van der Waals surface area contributed by atoms with Gasteiger partial charge in [0, 0.05) is 29.9 Å². The number of hydrogen-bond acceptors (Lipinski definition) is 4. The fraction of sp³-hybridized carbons (Fsp3) is 0.308. The van der Waals surface area contributed by atoms with Crippen molar-refractivity contribution in [3.63, 3.8) is 0 Å². The van der Waals surface area contributed by atoms with Gasteiger partial charge in [0.15, 0.2) is 0 Å². The molecule has 1 aromatic heterocycles. The molecule has 2 rings (SSSR count). The highest BCUT2D eigenvalue weighted by atomic mass is 19.1. The van der Waals surface area contributed by atoms with E-state index < -0.39 is 6.04 Å². The molecule has 0 aliphatic heterocycles. The average Bonchev–Trinajstić information content (AvgIpc) is 2.73. The molecule has 2 aromatic rings. The molecular formula is C13H17FN4O. The Kier molecular flexibility index (Phi) is 3.82. The van der Waals surface area contributed by atoms with E-state index in [4.69, 9.17) is 10.6 Å². The molecule has 1 unspecified atom stereocenters. The zero-order chi connectivity index (χ0) is 14.0. The van der Waals surface area contributed by atoms with E-state index in [1.165, 1.54) is 13.2 Å². The molecule has 0 saturated carbocycles. The lowest BCUT2D eigenvalue weighted by Crippen LogP contribution is -2.29. The maximum atomic E-state index is 14.1. The van der Waals surface area contributed by atoms with Gasteiger partial charge >= 0.3 is 0 Å². The van der Waals surface area contributed by atoms with Crippen molar-refractivity contribution in [2.45, 2.75) is 13.0 Å². The summed E-state index contributed by atoms with van der Waals surface area (Å²) >= 11 is 0. The fourth-order valence-electron chi connectivity index (χ4n) is 2.02. The molecule has 5 nitrogen and oxygen atoms in total. The van der Waals surface area contributed by atoms with Crippen molar-refractivity contribution in [1.29, 1.82) is 0 Å². The Bertz CT molecular complexity index is 582. The second-order valence-electron chi connectivity index (χ2n) is 4.30. The van der Waals surface area contributed by atoms with Crippen molar-refractivity contribution < 1.29 is 9.13 Å². The smallest absolute Gasteiger partial charge is 0.132 e. The van der Waals surface area contributed by atoms with E-state index in [9.17, 15) is 4.39 Å². The van der Waals surface area contributed by atoms with Crippen LogP contribution >= 0.6 is 0 Å². The third kappa shape index (κ3) is 2.45. The first-order valence-corrected chi connectivity index (χ1v) is 5.86. The second kappa shape index (κ2) is 5.38. The van der Waals surface area contributed by atoms with E-state index in [2.05, 4.69) is 10.5 Å². The first-order chi connectivity index (χ1) is 9.08. The number of hydrazine groups is 1. The van der Waals surface area contributed by atoms with Crippen LogP contribution < -0.4 is 16.0 Å². The maximum absolute atomic E-state index is 14.1. The molecule has 0 bridgehead atoms. The van der Waals surface area contributed by atoms with Crippen molar-refractivity contribution >= 4 is 0 Å². The van der Waals surface area contributed by atoms with Crippen LogP contribution in [0.5, 0.6) is 5.75 Å². The number of aromatic nitrogens is 2. The largest absolute Gasteiger partial charge is 0.497 e. The topological polar surface area (TPSA) is 65.1 Å². The molecule has 1 aromatic carbocycles. The molecule has 1 atom stereocenters. The van der Waals surface area contributed by atoms with Crippen molar-refractivity contribution in [2.75, 3.05) is 7.11 Å². The number of ether oxygens (including phenoxy) is 1. The Morgan fingerprint density at radius 2 is 2.16 bits per heavy atom. The van der Waals surface area contributed by atoms with E-state index in [1.54, 1.807) is 23.0 Å². The number of methoxy groups -OCH3 is 1. The predicted octanol–water partition coefficient (Wildman–Crippen LogP) is 1.43. The lowest BCUT2D eigenvalue weighted by atomic mass is 9.99. The number of hydrogen-bond donors (Lipinski definition) is 2. The van der Waals surface area contributed by atoms with Gasteiger partial charge in [-0.3, -0.25) is 10.5 Å². The summed E-state index contributed by atoms with van der Waals surface area (Å²) in [5.41, 5.74) is 4.86. The molecule has 1 heterocycles. The third-order valence-corrected chi connectivity index (χ3v) is 3.27. The van der Waals surface area contributed by atoms with E-state index >= 15 is 0 Å². The lowest BCUT2D eigenvalue weighted by molar-refractivity contribution is 0.410. The Balaban J connectivity index is 2.45. The number of nitrogens with zero attached hydrogens (tertiary/aromatic N) is 2. The van der Waals surface area contributed by atoms with E-state index in [0.29, 0.717) is 11.3 Å². The lowest BCUT2D eigenvalue weighted by Gasteiger charge is -2.17. The number of halogens is 1. The van der Waals surface area contributed by atoms with Crippen LogP contribution in [0.1, 0.15) is 22.9 Å². The van der Waals surface area contributed by atoms with Crippen LogP contribution in [0.2, 0.25) is 0 Å². The first kappa shape index (κ1) is 13.5. The normalized spacial score (nSPS) is 12.5. The molecule has 0 saturated heterocycles. The highest BCUT2D eigenvalue weighted by Gasteiger charge is 2.20. The summed E-state index contributed by atoms with van der Waals surface area (Å²) in [6, 6.07) is 4.25. The van der Waals surface area contributed by atoms with Gasteiger partial charge in [0.25, 0.3) is 0 Å². The summed E-state index contributed by atoms with van der Waals surface area (Å²) < 4.78 is 20.8. The predicted molar refractivity (Wildman–Crippen MR) is 70.1 cm³/mol. The molecule has 0 fully saturated rings. The van der Waals surface area contributed by atoms with Crippen molar-refractivity contribution in [3.8, 4) is 5.75 Å². The summed E-state index contributed by atoms with van der Waals surface area (Å²) in [6.45, 7) is 1.91. The van der Waals surface area contributed by atoms with Gasteiger partial charge in [0.1, 0.15) is 11.6 Å². The van der Waals surface area contributed by atoms with Gasteiger partial charge in [-0.25, -0.2) is 9.82 Å². The van der Waals surface area contributed by atoms with Gasteiger partial charge in [-0.2, -0.15) is 5.10 Å². The van der Waals surface area contributed by atoms with Gasteiger partial charge in [0.2, 0.25) is 0 Å². The van der Waals surface area contributed by atoms with Crippen molar-refractivity contribution in [3.05, 3.63) is 47.0 Å². The van der Waals surface area contributed by atoms with Crippen LogP contribution in [0, 0.1) is 12.7 Å². The molecule has 19 heavy (non-hydrogen) atoms. The summed E-state index contributed by atoms with van der Waals surface area (Å²) in [5.74, 6) is 5.67. The number of nitrogens with two attached hydrogens (primary N) is 1. The van der Waals surface area contributed by atoms with Gasteiger partial charge < -0.3 is 4.74 Å². The van der Waals surface area contributed by atoms with Crippen LogP contribution in [0.3, 0.4) is 0 Å². The standard InChI is InChI=1S/C13H17FN4O/c1-8-11(7-16-18(8)2)13(17-15)10-5-4-9(19-3)6-12(10)14/h4-7,13,17H,15H2,1-3H3. The van der Waals surface area contributed by atoms with Gasteiger partial charge in [-0.05, 0) is 13.0 Å². The summed E-state index contributed by atoms with van der Waals surface area (Å²) in [4.78, 5) is 0. The van der Waals surface area contributed by atoms with Gasteiger partial charge in [-0.1, -0.05) is 6.07 Å². The van der Waals surface area contributed by atoms with Gasteiger partial charge in [-0.15, -0.1) is 0 Å². The highest BCUT2D eigenvalue weighted by molar-refractivity contribution is 5.37. The minimum atomic E-state index is -0.445. The van der Waals surface area contributed by atoms with Gasteiger partial charge in [0.05, 0.1) is 19.3 Å². The highest BCUT2D eigenvalue weighted by Crippen LogP contribution is 2.28. The second-order valence-corrected chi connectivity index (χ2v) is 4.30. The van der Waals surface area contributed by atoms with E-state index in [0.717, 1.165) is 11.3 Å². The number of rotatable bonds is 4. The first-order valence-electron chi connectivity index (χ1n) is 5.86. The SMILES string of the molecule is COc1ccc(C(NN)c2cnn(C)c2C)c(F)c1. The number of nitrogens with one attached hydrogen (secondary N) is 1. The molecule has 0 amide bonds. The minimum absolute atomic E-state index is 0.370. The summed E-state index contributed by atoms with van der Waals surface area (Å²) in [7, 11) is 3.33. The Hall–Kier alpha value is -1.92. The monoisotopic (exact) mass is 264 g/mol. The quantitative estimate of drug-likeness (QED) is 0.647. The molecule has 0 aliphatic rings. The minimum Gasteiger partial charge on any atom is -0.497 e. The summed E-state index contributed by atoms with van der Waals surface area (Å²) in [5, 5.41) is 4.15. The molecule has 0 spiro atoms. The molecule has 3 N–H and O–H groups in total. The Morgan fingerprint density at radius 3 is 2.63 bits per heavy atom. The van der Waals surface area contributed by atoms with E-state index in [-0.39, 0.29) is 5.82 Å². The van der Waals surface area contributed by atoms with Crippen LogP contribution in [0.25, 0.3) is 0 Å². The molecular weight excluding hydrogens is 247 g/mol. The van der Waals surface area contributed by atoms with Crippen LogP contribution in [-0.4, -0.2) is 16.9 Å². The Morgan fingerprint density at radius 1 is 1.42 bits per heavy atom. The number of benzene rings is 1.